The first-order valence-electron chi connectivity index (χ1n) is 5.00. The number of hydrogen-bond acceptors (Lipinski definition) is 6. The van der Waals surface area contributed by atoms with Crippen molar-refractivity contribution in [3.05, 3.63) is 0 Å². The van der Waals surface area contributed by atoms with Crippen LogP contribution in [0.15, 0.2) is 5.16 Å². The van der Waals surface area contributed by atoms with Crippen molar-refractivity contribution in [1.29, 1.82) is 0 Å². The maximum atomic E-state index is 10.4. The number of carbonyl (C=O) groups is 1. The summed E-state index contributed by atoms with van der Waals surface area (Å²) in [5, 5.41) is 4.26. The first-order chi connectivity index (χ1) is 7.59. The Morgan fingerprint density at radius 3 is 3.12 bits per heavy atom. The largest absolute Gasteiger partial charge is 0.430 e. The number of primary amides is 1. The van der Waals surface area contributed by atoms with E-state index in [2.05, 4.69) is 9.99 Å². The molecule has 0 aliphatic carbocycles. The van der Waals surface area contributed by atoms with Crippen LogP contribution in [0, 0.1) is 0 Å². The maximum absolute atomic E-state index is 10.4. The molecule has 2 N–H and O–H groups in total. The van der Waals surface area contributed by atoms with E-state index in [-0.39, 0.29) is 12.2 Å². The number of rotatable bonds is 5. The maximum Gasteiger partial charge on any atom is 0.430 e. The van der Waals surface area contributed by atoms with Crippen LogP contribution >= 0.6 is 11.8 Å². The molecule has 0 spiro atoms. The Bertz CT molecular complexity index is 270. The summed E-state index contributed by atoms with van der Waals surface area (Å²) >= 11 is 1.39. The van der Waals surface area contributed by atoms with E-state index >= 15 is 0 Å². The van der Waals surface area contributed by atoms with Crippen LogP contribution in [0.25, 0.3) is 0 Å². The van der Waals surface area contributed by atoms with Crippen molar-refractivity contribution in [2.45, 2.75) is 32.5 Å². The third-order valence-electron chi connectivity index (χ3n) is 1.81. The molecule has 1 aliphatic heterocycles. The fourth-order valence-corrected chi connectivity index (χ4v) is 1.95. The lowest BCUT2D eigenvalue weighted by Gasteiger charge is -2.11. The van der Waals surface area contributed by atoms with Crippen molar-refractivity contribution in [1.82, 2.24) is 0 Å². The van der Waals surface area contributed by atoms with E-state index in [0.717, 1.165) is 0 Å². The zero-order valence-electron chi connectivity index (χ0n) is 9.34. The molecule has 0 aromatic heterocycles. The van der Waals surface area contributed by atoms with E-state index in [0.29, 0.717) is 24.0 Å². The van der Waals surface area contributed by atoms with Crippen LogP contribution < -0.4 is 5.73 Å². The first kappa shape index (κ1) is 13.3. The molecule has 1 saturated heterocycles. The lowest BCUT2D eigenvalue weighted by molar-refractivity contribution is 0.0485. The zero-order chi connectivity index (χ0) is 12.0. The van der Waals surface area contributed by atoms with Crippen molar-refractivity contribution >= 4 is 22.9 Å². The predicted octanol–water partition coefficient (Wildman–Crippen LogP) is 1.30. The second-order valence-corrected chi connectivity index (χ2v) is 4.41. The van der Waals surface area contributed by atoms with Gasteiger partial charge in [-0.05, 0) is 13.8 Å². The Labute approximate surface area is 98.5 Å². The summed E-state index contributed by atoms with van der Waals surface area (Å²) in [6, 6.07) is 0. The van der Waals surface area contributed by atoms with Crippen molar-refractivity contribution in [3.63, 3.8) is 0 Å². The van der Waals surface area contributed by atoms with Gasteiger partial charge in [-0.1, -0.05) is 16.9 Å². The number of nitrogens with zero attached hydrogens (tertiary/aromatic N) is 1. The highest BCUT2D eigenvalue weighted by atomic mass is 32.2. The molecule has 7 heteroatoms. The molecule has 0 bridgehead atoms. The van der Waals surface area contributed by atoms with E-state index in [9.17, 15) is 4.79 Å². The second-order valence-electron chi connectivity index (χ2n) is 3.47. The summed E-state index contributed by atoms with van der Waals surface area (Å²) in [4.78, 5) is 14.8. The highest BCUT2D eigenvalue weighted by molar-refractivity contribution is 8.14. The standard InChI is InChI=1S/C9H16N2O4S/c1-6(2)13-4-3-7-8(16-5-14-7)11-15-9(10)12/h6-7H,3-5H2,1-2H3,(H2,10,12). The van der Waals surface area contributed by atoms with E-state index in [1.807, 2.05) is 13.8 Å². The number of nitrogens with two attached hydrogens (primary N) is 1. The fourth-order valence-electron chi connectivity index (χ4n) is 1.13. The van der Waals surface area contributed by atoms with Gasteiger partial charge in [0.1, 0.15) is 11.1 Å². The number of hydrogen-bond donors (Lipinski definition) is 1. The average Bonchev–Trinajstić information content (AvgIpc) is 2.62. The molecule has 0 aromatic carbocycles. The van der Waals surface area contributed by atoms with E-state index in [4.69, 9.17) is 15.2 Å². The van der Waals surface area contributed by atoms with Crippen LogP contribution in [0.5, 0.6) is 0 Å². The molecule has 1 heterocycles. The minimum Gasteiger partial charge on any atom is -0.379 e. The normalized spacial score (nSPS) is 22.9. The molecule has 1 rings (SSSR count). The van der Waals surface area contributed by atoms with Gasteiger partial charge in [0.05, 0.1) is 12.0 Å². The molecule has 6 nitrogen and oxygen atoms in total. The van der Waals surface area contributed by atoms with Gasteiger partial charge in [-0.25, -0.2) is 4.79 Å². The number of carbonyl (C=O) groups excluding carboxylic acids is 1. The molecule has 1 atom stereocenters. The Morgan fingerprint density at radius 2 is 2.50 bits per heavy atom. The SMILES string of the molecule is CC(C)OCCC1OCSC1=NOC(N)=O. The third-order valence-corrected chi connectivity index (χ3v) is 2.70. The minimum absolute atomic E-state index is 0.164. The molecular weight excluding hydrogens is 232 g/mol. The highest BCUT2D eigenvalue weighted by Crippen LogP contribution is 2.23. The molecular formula is C9H16N2O4S. The average molecular weight is 248 g/mol. The van der Waals surface area contributed by atoms with Crippen LogP contribution in [0.4, 0.5) is 4.79 Å². The number of oxime groups is 1. The quantitative estimate of drug-likeness (QED) is 0.585. The summed E-state index contributed by atoms with van der Waals surface area (Å²) in [5.74, 6) is 0.507. The van der Waals surface area contributed by atoms with Crippen molar-refractivity contribution in [2.75, 3.05) is 12.5 Å². The molecule has 0 saturated carbocycles. The van der Waals surface area contributed by atoms with Gasteiger partial charge in [-0.3, -0.25) is 4.84 Å². The van der Waals surface area contributed by atoms with Crippen LogP contribution in [0.1, 0.15) is 20.3 Å². The van der Waals surface area contributed by atoms with Crippen molar-refractivity contribution < 1.29 is 19.1 Å². The molecule has 1 fully saturated rings. The van der Waals surface area contributed by atoms with Gasteiger partial charge < -0.3 is 15.2 Å². The Morgan fingerprint density at radius 1 is 1.75 bits per heavy atom. The van der Waals surface area contributed by atoms with Gasteiger partial charge in [0.15, 0.2) is 0 Å². The Hall–Kier alpha value is -0.790. The monoisotopic (exact) mass is 248 g/mol. The summed E-state index contributed by atoms with van der Waals surface area (Å²) in [6.07, 6.45) is -0.205. The van der Waals surface area contributed by atoms with Crippen molar-refractivity contribution in [3.8, 4) is 0 Å². The topological polar surface area (TPSA) is 83.1 Å². The van der Waals surface area contributed by atoms with Gasteiger partial charge in [-0.15, -0.1) is 0 Å². The molecule has 16 heavy (non-hydrogen) atoms. The summed E-state index contributed by atoms with van der Waals surface area (Å²) < 4.78 is 10.8. The van der Waals surface area contributed by atoms with Crippen LogP contribution in [-0.2, 0) is 14.3 Å². The van der Waals surface area contributed by atoms with E-state index < -0.39 is 6.09 Å². The van der Waals surface area contributed by atoms with Gasteiger partial charge in [0.2, 0.25) is 0 Å². The van der Waals surface area contributed by atoms with Gasteiger partial charge in [-0.2, -0.15) is 0 Å². The lowest BCUT2D eigenvalue weighted by Crippen LogP contribution is -2.20. The molecule has 1 unspecified atom stereocenters. The minimum atomic E-state index is -0.919. The lowest BCUT2D eigenvalue weighted by atomic mass is 10.3. The van der Waals surface area contributed by atoms with Crippen LogP contribution in [-0.4, -0.2) is 35.9 Å². The second kappa shape index (κ2) is 6.72. The number of amides is 1. The molecule has 92 valence electrons. The van der Waals surface area contributed by atoms with Crippen LogP contribution in [0.3, 0.4) is 0 Å². The Kier molecular flexibility index (Phi) is 5.58. The summed E-state index contributed by atoms with van der Waals surface area (Å²) in [6.45, 7) is 4.52. The summed E-state index contributed by atoms with van der Waals surface area (Å²) in [5.41, 5.74) is 4.81. The predicted molar refractivity (Wildman–Crippen MR) is 61.1 cm³/mol. The number of ether oxygens (including phenoxy) is 2. The molecule has 1 aliphatic rings. The van der Waals surface area contributed by atoms with Crippen LogP contribution in [0.2, 0.25) is 0 Å². The van der Waals surface area contributed by atoms with Gasteiger partial charge >= 0.3 is 6.09 Å². The zero-order valence-corrected chi connectivity index (χ0v) is 10.2. The highest BCUT2D eigenvalue weighted by Gasteiger charge is 2.25. The van der Waals surface area contributed by atoms with E-state index in [1.54, 1.807) is 0 Å². The summed E-state index contributed by atoms with van der Waals surface area (Å²) in [7, 11) is 0. The number of thioether (sulfide) groups is 1. The van der Waals surface area contributed by atoms with E-state index in [1.165, 1.54) is 11.8 Å². The first-order valence-corrected chi connectivity index (χ1v) is 5.98. The Balaban J connectivity index is 2.34. The molecule has 0 radical (unpaired) electrons. The fraction of sp³-hybridized carbons (Fsp3) is 0.778. The third kappa shape index (κ3) is 4.82. The molecule has 1 amide bonds. The smallest absolute Gasteiger partial charge is 0.379 e. The van der Waals surface area contributed by atoms with Crippen molar-refractivity contribution in [2.24, 2.45) is 10.9 Å². The van der Waals surface area contributed by atoms with Gasteiger partial charge in [0, 0.05) is 13.0 Å². The van der Waals surface area contributed by atoms with Gasteiger partial charge in [0.25, 0.3) is 0 Å². The molecule has 0 aromatic rings.